The van der Waals surface area contributed by atoms with Gasteiger partial charge in [0.15, 0.2) is 11.5 Å². The molecule has 118 valence electrons. The van der Waals surface area contributed by atoms with Gasteiger partial charge in [-0.3, -0.25) is 0 Å². The number of hydrogen-bond donors (Lipinski definition) is 1. The molecule has 1 aromatic carbocycles. The Morgan fingerprint density at radius 1 is 1.05 bits per heavy atom. The van der Waals surface area contributed by atoms with E-state index >= 15 is 0 Å². The second-order valence-corrected chi connectivity index (χ2v) is 5.60. The summed E-state index contributed by atoms with van der Waals surface area (Å²) in [5.41, 5.74) is 1.25. The zero-order chi connectivity index (χ0) is 15.2. The highest BCUT2D eigenvalue weighted by Gasteiger charge is 2.29. The molecule has 0 bridgehead atoms. The quantitative estimate of drug-likeness (QED) is 0.874. The van der Waals surface area contributed by atoms with E-state index in [0.29, 0.717) is 11.8 Å². The van der Waals surface area contributed by atoms with Crippen molar-refractivity contribution in [2.45, 2.75) is 32.1 Å². The molecule has 1 heterocycles. The van der Waals surface area contributed by atoms with Gasteiger partial charge in [0.25, 0.3) is 0 Å². The Hall–Kier alpha value is -1.42. The monoisotopic (exact) mass is 293 g/mol. The van der Waals surface area contributed by atoms with Gasteiger partial charge in [-0.15, -0.1) is 0 Å². The number of piperidine rings is 1. The Labute approximate surface area is 127 Å². The molecule has 0 spiro atoms. The first-order chi connectivity index (χ1) is 10.2. The lowest BCUT2D eigenvalue weighted by Crippen LogP contribution is -2.35. The van der Waals surface area contributed by atoms with Gasteiger partial charge in [0.1, 0.15) is 5.75 Å². The lowest BCUT2D eigenvalue weighted by molar-refractivity contribution is 0.294. The summed E-state index contributed by atoms with van der Waals surface area (Å²) in [6.07, 6.45) is 3.57. The predicted octanol–water partition coefficient (Wildman–Crippen LogP) is 3.21. The maximum atomic E-state index is 5.61. The summed E-state index contributed by atoms with van der Waals surface area (Å²) in [6, 6.07) is 4.04. The fourth-order valence-corrected chi connectivity index (χ4v) is 3.35. The van der Waals surface area contributed by atoms with Gasteiger partial charge in [-0.2, -0.15) is 0 Å². The third-order valence-electron chi connectivity index (χ3n) is 4.40. The van der Waals surface area contributed by atoms with Gasteiger partial charge in [0, 0.05) is 11.6 Å². The first-order valence-corrected chi connectivity index (χ1v) is 7.75. The minimum Gasteiger partial charge on any atom is -0.496 e. The lowest BCUT2D eigenvalue weighted by atomic mass is 9.78. The average molecular weight is 293 g/mol. The summed E-state index contributed by atoms with van der Waals surface area (Å²) < 4.78 is 16.5. The first-order valence-electron chi connectivity index (χ1n) is 7.75. The van der Waals surface area contributed by atoms with Crippen LogP contribution in [0.4, 0.5) is 0 Å². The molecule has 21 heavy (non-hydrogen) atoms. The highest BCUT2D eigenvalue weighted by molar-refractivity contribution is 5.52. The second-order valence-electron chi connectivity index (χ2n) is 5.60. The third kappa shape index (κ3) is 3.43. The van der Waals surface area contributed by atoms with Crippen LogP contribution in [0.25, 0.3) is 0 Å². The van der Waals surface area contributed by atoms with E-state index in [4.69, 9.17) is 14.2 Å². The maximum absolute atomic E-state index is 5.61. The van der Waals surface area contributed by atoms with E-state index in [9.17, 15) is 0 Å². The molecule has 0 radical (unpaired) electrons. The predicted molar refractivity (Wildman–Crippen MR) is 84.7 cm³/mol. The van der Waals surface area contributed by atoms with E-state index in [1.54, 1.807) is 21.3 Å². The van der Waals surface area contributed by atoms with Crippen molar-refractivity contribution in [2.75, 3.05) is 34.4 Å². The molecule has 2 atom stereocenters. The number of rotatable bonds is 6. The molecule has 1 aliphatic heterocycles. The molecule has 2 rings (SSSR count). The average Bonchev–Trinajstić information content (AvgIpc) is 2.54. The van der Waals surface area contributed by atoms with E-state index in [2.05, 4.69) is 18.3 Å². The zero-order valence-electron chi connectivity index (χ0n) is 13.6. The lowest BCUT2D eigenvalue weighted by Gasteiger charge is -2.33. The molecule has 1 N–H and O–H groups in total. The molecule has 0 aromatic heterocycles. The molecule has 1 fully saturated rings. The van der Waals surface area contributed by atoms with E-state index in [0.717, 1.165) is 36.8 Å². The van der Waals surface area contributed by atoms with Gasteiger partial charge >= 0.3 is 0 Å². The molecule has 1 saturated heterocycles. The normalized spacial score (nSPS) is 21.9. The Bertz CT molecular complexity index is 460. The summed E-state index contributed by atoms with van der Waals surface area (Å²) in [5, 5.41) is 3.51. The summed E-state index contributed by atoms with van der Waals surface area (Å²) in [6.45, 7) is 4.38. The standard InChI is InChI=1S/C17H27NO3/c1-5-6-12-11-18-8-7-13(12)14-9-16(20-3)17(21-4)10-15(14)19-2/h9-10,12-13,18H,5-8,11H2,1-4H3. The summed E-state index contributed by atoms with van der Waals surface area (Å²) in [7, 11) is 5.06. The number of nitrogens with one attached hydrogen (secondary N) is 1. The van der Waals surface area contributed by atoms with E-state index in [-0.39, 0.29) is 0 Å². The fraction of sp³-hybridized carbons (Fsp3) is 0.647. The van der Waals surface area contributed by atoms with Crippen molar-refractivity contribution >= 4 is 0 Å². The zero-order valence-corrected chi connectivity index (χ0v) is 13.6. The van der Waals surface area contributed by atoms with Crippen LogP contribution in [0.3, 0.4) is 0 Å². The van der Waals surface area contributed by atoms with Crippen LogP contribution in [0.1, 0.15) is 37.7 Å². The number of benzene rings is 1. The molecular formula is C17H27NO3. The van der Waals surface area contributed by atoms with Crippen LogP contribution in [-0.4, -0.2) is 34.4 Å². The van der Waals surface area contributed by atoms with E-state index < -0.39 is 0 Å². The molecule has 4 nitrogen and oxygen atoms in total. The number of hydrogen-bond acceptors (Lipinski definition) is 4. The van der Waals surface area contributed by atoms with Gasteiger partial charge in [0.2, 0.25) is 0 Å². The van der Waals surface area contributed by atoms with Gasteiger partial charge in [-0.25, -0.2) is 0 Å². The topological polar surface area (TPSA) is 39.7 Å². The fourth-order valence-electron chi connectivity index (χ4n) is 3.35. The van der Waals surface area contributed by atoms with Crippen molar-refractivity contribution in [3.05, 3.63) is 17.7 Å². The van der Waals surface area contributed by atoms with Gasteiger partial charge < -0.3 is 19.5 Å². The Morgan fingerprint density at radius 3 is 2.33 bits per heavy atom. The summed E-state index contributed by atoms with van der Waals surface area (Å²) in [5.74, 6) is 3.57. The van der Waals surface area contributed by atoms with Crippen LogP contribution in [0.15, 0.2) is 12.1 Å². The second kappa shape index (κ2) is 7.55. The highest BCUT2D eigenvalue weighted by Crippen LogP contribution is 2.43. The van der Waals surface area contributed by atoms with Crippen molar-refractivity contribution in [2.24, 2.45) is 5.92 Å². The highest BCUT2D eigenvalue weighted by atomic mass is 16.5. The molecule has 1 aromatic rings. The van der Waals surface area contributed by atoms with Crippen LogP contribution < -0.4 is 19.5 Å². The van der Waals surface area contributed by atoms with Crippen LogP contribution in [0.2, 0.25) is 0 Å². The van der Waals surface area contributed by atoms with Crippen LogP contribution >= 0.6 is 0 Å². The Kier molecular flexibility index (Phi) is 5.74. The van der Waals surface area contributed by atoms with Crippen molar-refractivity contribution in [3.63, 3.8) is 0 Å². The number of methoxy groups -OCH3 is 3. The molecule has 0 aliphatic carbocycles. The largest absolute Gasteiger partial charge is 0.496 e. The molecule has 1 aliphatic rings. The van der Waals surface area contributed by atoms with Crippen LogP contribution in [0.5, 0.6) is 17.2 Å². The van der Waals surface area contributed by atoms with Crippen molar-refractivity contribution in [1.29, 1.82) is 0 Å². The van der Waals surface area contributed by atoms with Gasteiger partial charge in [0.05, 0.1) is 21.3 Å². The number of ether oxygens (including phenoxy) is 3. The molecule has 0 amide bonds. The van der Waals surface area contributed by atoms with Gasteiger partial charge in [-0.1, -0.05) is 13.3 Å². The molecular weight excluding hydrogens is 266 g/mol. The van der Waals surface area contributed by atoms with E-state index in [1.807, 2.05) is 6.07 Å². The molecule has 4 heteroatoms. The van der Waals surface area contributed by atoms with Crippen molar-refractivity contribution in [3.8, 4) is 17.2 Å². The minimum atomic E-state index is 0.515. The smallest absolute Gasteiger partial charge is 0.164 e. The SMILES string of the molecule is CCCC1CNCCC1c1cc(OC)c(OC)cc1OC. The summed E-state index contributed by atoms with van der Waals surface area (Å²) in [4.78, 5) is 0. The first kappa shape index (κ1) is 16.0. The van der Waals surface area contributed by atoms with Crippen molar-refractivity contribution < 1.29 is 14.2 Å². The third-order valence-corrected chi connectivity index (χ3v) is 4.40. The Morgan fingerprint density at radius 2 is 1.71 bits per heavy atom. The minimum absolute atomic E-state index is 0.515. The van der Waals surface area contributed by atoms with E-state index in [1.165, 1.54) is 18.4 Å². The molecule has 0 saturated carbocycles. The van der Waals surface area contributed by atoms with Crippen LogP contribution in [-0.2, 0) is 0 Å². The maximum Gasteiger partial charge on any atom is 0.164 e. The molecule has 2 unspecified atom stereocenters. The van der Waals surface area contributed by atoms with Crippen molar-refractivity contribution in [1.82, 2.24) is 5.32 Å². The van der Waals surface area contributed by atoms with Gasteiger partial charge in [-0.05, 0) is 43.8 Å². The Balaban J connectivity index is 2.39. The summed E-state index contributed by atoms with van der Waals surface area (Å²) >= 11 is 0. The van der Waals surface area contributed by atoms with Crippen LogP contribution in [0, 0.1) is 5.92 Å².